The maximum absolute atomic E-state index is 8.48. The van der Waals surface area contributed by atoms with Gasteiger partial charge in [-0.1, -0.05) is 24.3 Å². The Morgan fingerprint density at radius 3 is 2.64 bits per heavy atom. The summed E-state index contributed by atoms with van der Waals surface area (Å²) < 4.78 is 0. The van der Waals surface area contributed by atoms with E-state index in [0.717, 1.165) is 11.1 Å². The van der Waals surface area contributed by atoms with Crippen LogP contribution in [0.2, 0.25) is 0 Å². The minimum absolute atomic E-state index is 0.423. The summed E-state index contributed by atoms with van der Waals surface area (Å²) in [5.41, 5.74) is 3.96. The van der Waals surface area contributed by atoms with Gasteiger partial charge >= 0.3 is 0 Å². The van der Waals surface area contributed by atoms with E-state index in [2.05, 4.69) is 26.1 Å². The van der Waals surface area contributed by atoms with Crippen molar-refractivity contribution in [2.24, 2.45) is 0 Å². The first-order valence-electron chi connectivity index (χ1n) is 4.10. The van der Waals surface area contributed by atoms with Crippen LogP contribution in [0.1, 0.15) is 5.56 Å². The van der Waals surface area contributed by atoms with Crippen LogP contribution in [0.5, 0.6) is 0 Å². The van der Waals surface area contributed by atoms with Crippen LogP contribution in [0.3, 0.4) is 0 Å². The number of rotatable bonds is 3. The predicted molar refractivity (Wildman–Crippen MR) is 48.2 cm³/mol. The fourth-order valence-corrected chi connectivity index (χ4v) is 1.15. The van der Waals surface area contributed by atoms with Crippen LogP contribution in [0.15, 0.2) is 24.3 Å². The van der Waals surface area contributed by atoms with Crippen LogP contribution >= 0.6 is 0 Å². The lowest BCUT2D eigenvalue weighted by Gasteiger charge is -1.99. The molecule has 0 radical (unpaired) electrons. The van der Waals surface area contributed by atoms with Gasteiger partial charge in [-0.25, -0.2) is 5.48 Å². The molecule has 0 bridgehead atoms. The van der Waals surface area contributed by atoms with Crippen LogP contribution in [0.4, 0.5) is 0 Å². The van der Waals surface area contributed by atoms with E-state index >= 15 is 0 Å². The first-order valence-corrected chi connectivity index (χ1v) is 4.10. The molecule has 2 aromatic rings. The summed E-state index contributed by atoms with van der Waals surface area (Å²) >= 11 is 0. The van der Waals surface area contributed by atoms with E-state index in [1.807, 2.05) is 24.3 Å². The number of aromatic nitrogens is 4. The topological polar surface area (TPSA) is 86.7 Å². The Labute approximate surface area is 79.9 Å². The minimum Gasteiger partial charge on any atom is -0.316 e. The minimum atomic E-state index is 0.423. The third-order valence-corrected chi connectivity index (χ3v) is 1.84. The Bertz CT molecular complexity index is 383. The molecule has 6 nitrogen and oxygen atoms in total. The molecule has 6 heteroatoms. The summed E-state index contributed by atoms with van der Waals surface area (Å²) in [4.78, 5) is 0. The number of benzene rings is 1. The monoisotopic (exact) mass is 191 g/mol. The van der Waals surface area contributed by atoms with Gasteiger partial charge in [0.15, 0.2) is 0 Å². The van der Waals surface area contributed by atoms with Crippen LogP contribution < -0.4 is 5.48 Å². The van der Waals surface area contributed by atoms with Gasteiger partial charge in [-0.05, 0) is 10.8 Å². The third kappa shape index (κ3) is 1.76. The van der Waals surface area contributed by atoms with E-state index in [1.165, 1.54) is 0 Å². The highest BCUT2D eigenvalue weighted by atomic mass is 16.5. The molecule has 0 fully saturated rings. The molecular formula is C8H9N5O. The van der Waals surface area contributed by atoms with Crippen molar-refractivity contribution in [3.8, 4) is 11.4 Å². The van der Waals surface area contributed by atoms with Gasteiger partial charge in [0.25, 0.3) is 0 Å². The molecule has 72 valence electrons. The normalized spacial score (nSPS) is 10.4. The summed E-state index contributed by atoms with van der Waals surface area (Å²) in [7, 11) is 0. The largest absolute Gasteiger partial charge is 0.316 e. The zero-order chi connectivity index (χ0) is 9.80. The Hall–Kier alpha value is -1.79. The lowest BCUT2D eigenvalue weighted by Crippen LogP contribution is -2.05. The maximum atomic E-state index is 8.48. The molecule has 0 aliphatic rings. The zero-order valence-corrected chi connectivity index (χ0v) is 7.31. The molecular weight excluding hydrogens is 182 g/mol. The molecule has 0 unspecified atom stereocenters. The molecule has 1 aromatic heterocycles. The zero-order valence-electron chi connectivity index (χ0n) is 7.31. The van der Waals surface area contributed by atoms with Crippen molar-refractivity contribution < 1.29 is 5.21 Å². The van der Waals surface area contributed by atoms with Gasteiger partial charge in [0, 0.05) is 12.1 Å². The van der Waals surface area contributed by atoms with E-state index in [-0.39, 0.29) is 0 Å². The van der Waals surface area contributed by atoms with Gasteiger partial charge in [0.05, 0.1) is 0 Å². The first kappa shape index (κ1) is 8.79. The van der Waals surface area contributed by atoms with Gasteiger partial charge in [-0.2, -0.15) is 5.21 Å². The Kier molecular flexibility index (Phi) is 2.48. The van der Waals surface area contributed by atoms with Crippen molar-refractivity contribution >= 4 is 0 Å². The van der Waals surface area contributed by atoms with Gasteiger partial charge < -0.3 is 5.21 Å². The fraction of sp³-hybridized carbons (Fsp3) is 0.125. The quantitative estimate of drug-likeness (QED) is 0.609. The molecule has 0 aliphatic carbocycles. The Balaban J connectivity index is 2.22. The molecule has 1 heterocycles. The second-order valence-electron chi connectivity index (χ2n) is 2.77. The van der Waals surface area contributed by atoms with Crippen molar-refractivity contribution in [2.45, 2.75) is 6.54 Å². The number of aromatic amines is 1. The Morgan fingerprint density at radius 1 is 1.29 bits per heavy atom. The number of hydrogen-bond acceptors (Lipinski definition) is 5. The summed E-state index contributed by atoms with van der Waals surface area (Å²) in [5.74, 6) is 0.563. The smallest absolute Gasteiger partial charge is 0.204 e. The molecule has 0 aliphatic heterocycles. The lowest BCUT2D eigenvalue weighted by molar-refractivity contribution is 0.161. The summed E-state index contributed by atoms with van der Waals surface area (Å²) in [5, 5.41) is 22.0. The molecule has 0 atom stereocenters. The number of nitrogens with one attached hydrogen (secondary N) is 2. The average Bonchev–Trinajstić information content (AvgIpc) is 2.72. The Morgan fingerprint density at radius 2 is 2.07 bits per heavy atom. The van der Waals surface area contributed by atoms with Crippen LogP contribution in [-0.2, 0) is 6.54 Å². The molecule has 2 rings (SSSR count). The number of tetrazole rings is 1. The number of hydrogen-bond donors (Lipinski definition) is 3. The van der Waals surface area contributed by atoms with Crippen molar-refractivity contribution in [1.29, 1.82) is 0 Å². The molecule has 14 heavy (non-hydrogen) atoms. The third-order valence-electron chi connectivity index (χ3n) is 1.84. The first-order chi connectivity index (χ1) is 6.90. The summed E-state index contributed by atoms with van der Waals surface area (Å²) in [6, 6.07) is 7.51. The fourth-order valence-electron chi connectivity index (χ4n) is 1.15. The lowest BCUT2D eigenvalue weighted by atomic mass is 10.1. The molecule has 3 N–H and O–H groups in total. The van der Waals surface area contributed by atoms with Gasteiger partial charge in [-0.15, -0.1) is 10.2 Å². The van der Waals surface area contributed by atoms with Gasteiger partial charge in [0.1, 0.15) is 0 Å². The van der Waals surface area contributed by atoms with Crippen LogP contribution in [0.25, 0.3) is 11.4 Å². The molecule has 0 saturated carbocycles. The molecule has 1 aromatic carbocycles. The van der Waals surface area contributed by atoms with Crippen LogP contribution in [-0.4, -0.2) is 25.8 Å². The number of nitrogens with zero attached hydrogens (tertiary/aromatic N) is 3. The molecule has 0 spiro atoms. The molecule has 0 amide bonds. The summed E-state index contributed by atoms with van der Waals surface area (Å²) in [6.45, 7) is 0.423. The number of hydroxylamine groups is 1. The van der Waals surface area contributed by atoms with Crippen molar-refractivity contribution in [3.63, 3.8) is 0 Å². The predicted octanol–water partition coefficient (Wildman–Crippen LogP) is 0.345. The SMILES string of the molecule is ONCc1ccc(-c2nn[nH]n2)cc1. The second kappa shape index (κ2) is 3.95. The van der Waals surface area contributed by atoms with Crippen molar-refractivity contribution in [2.75, 3.05) is 0 Å². The highest BCUT2D eigenvalue weighted by Crippen LogP contribution is 2.13. The molecule has 0 saturated heterocycles. The second-order valence-corrected chi connectivity index (χ2v) is 2.77. The highest BCUT2D eigenvalue weighted by Gasteiger charge is 2.01. The van der Waals surface area contributed by atoms with E-state index < -0.39 is 0 Å². The van der Waals surface area contributed by atoms with Crippen molar-refractivity contribution in [3.05, 3.63) is 29.8 Å². The van der Waals surface area contributed by atoms with Crippen molar-refractivity contribution in [1.82, 2.24) is 26.1 Å². The van der Waals surface area contributed by atoms with E-state index in [9.17, 15) is 0 Å². The highest BCUT2D eigenvalue weighted by molar-refractivity contribution is 5.53. The van der Waals surface area contributed by atoms with E-state index in [4.69, 9.17) is 5.21 Å². The van der Waals surface area contributed by atoms with Crippen LogP contribution in [0, 0.1) is 0 Å². The maximum Gasteiger partial charge on any atom is 0.204 e. The van der Waals surface area contributed by atoms with E-state index in [1.54, 1.807) is 0 Å². The van der Waals surface area contributed by atoms with Gasteiger partial charge in [0.2, 0.25) is 5.82 Å². The van der Waals surface area contributed by atoms with E-state index in [0.29, 0.717) is 12.4 Å². The standard InChI is InChI=1S/C8H9N5O/c14-9-5-6-1-3-7(4-2-6)8-10-12-13-11-8/h1-4,9,14H,5H2,(H,10,11,12,13). The summed E-state index contributed by atoms with van der Waals surface area (Å²) in [6.07, 6.45) is 0. The average molecular weight is 191 g/mol. The number of H-pyrrole nitrogens is 1. The van der Waals surface area contributed by atoms with Gasteiger partial charge in [-0.3, -0.25) is 0 Å².